The lowest BCUT2D eigenvalue weighted by Crippen LogP contribution is -2.19. The minimum atomic E-state index is -4.42. The number of thioether (sulfide) groups is 1. The maximum Gasteiger partial charge on any atom is 0.416 e. The minimum Gasteiger partial charge on any atom is -0.300 e. The lowest BCUT2D eigenvalue weighted by atomic mass is 10.2. The van der Waals surface area contributed by atoms with Crippen molar-refractivity contribution < 1.29 is 18.0 Å². The summed E-state index contributed by atoms with van der Waals surface area (Å²) in [6.07, 6.45) is -2.70. The van der Waals surface area contributed by atoms with Crippen LogP contribution in [0.1, 0.15) is 10.4 Å². The van der Waals surface area contributed by atoms with Gasteiger partial charge in [0.25, 0.3) is 5.91 Å². The number of carbonyl (C=O) groups excluding carboxylic acids is 1. The number of amides is 1. The van der Waals surface area contributed by atoms with E-state index in [0.717, 1.165) is 28.8 Å². The molecule has 0 spiro atoms. The van der Waals surface area contributed by atoms with E-state index in [9.17, 15) is 18.0 Å². The Morgan fingerprint density at radius 1 is 1.17 bits per heavy atom. The first-order valence-corrected chi connectivity index (χ1v) is 8.12. The maximum absolute atomic E-state index is 12.7. The van der Waals surface area contributed by atoms with Crippen molar-refractivity contribution in [2.75, 3.05) is 0 Å². The number of halogens is 3. The van der Waals surface area contributed by atoms with Gasteiger partial charge in [-0.15, -0.1) is 11.3 Å². The van der Waals surface area contributed by atoms with E-state index in [1.165, 1.54) is 23.5 Å². The molecule has 1 aliphatic heterocycles. The molecule has 0 saturated carbocycles. The molecule has 3 rings (SSSR count). The fourth-order valence-electron chi connectivity index (χ4n) is 1.85. The number of nitrogens with one attached hydrogen (secondary N) is 1. The highest BCUT2D eigenvalue weighted by molar-refractivity contribution is 8.18. The number of amidine groups is 1. The fraction of sp³-hybridized carbons (Fsp3) is 0.0667. The molecule has 1 aromatic carbocycles. The number of thiophene rings is 1. The zero-order valence-electron chi connectivity index (χ0n) is 11.4. The van der Waals surface area contributed by atoms with Gasteiger partial charge in [0.1, 0.15) is 0 Å². The molecule has 8 heteroatoms. The number of aliphatic imine (C=N–C) groups is 1. The van der Waals surface area contributed by atoms with E-state index in [1.807, 2.05) is 17.5 Å². The fourth-order valence-corrected chi connectivity index (χ4v) is 3.42. The molecule has 1 N–H and O–H groups in total. The summed E-state index contributed by atoms with van der Waals surface area (Å²) >= 11 is 2.59. The van der Waals surface area contributed by atoms with Crippen LogP contribution in [0.15, 0.2) is 51.7 Å². The Morgan fingerprint density at radius 2 is 2.00 bits per heavy atom. The summed E-state index contributed by atoms with van der Waals surface area (Å²) in [7, 11) is 0. The van der Waals surface area contributed by atoms with E-state index in [4.69, 9.17) is 0 Å². The predicted octanol–water partition coefficient (Wildman–Crippen LogP) is 4.66. The van der Waals surface area contributed by atoms with Gasteiger partial charge in [0.05, 0.1) is 16.2 Å². The second-order valence-corrected chi connectivity index (χ2v) is 6.56. The predicted molar refractivity (Wildman–Crippen MR) is 86.6 cm³/mol. The van der Waals surface area contributed by atoms with Crippen molar-refractivity contribution in [2.24, 2.45) is 4.99 Å². The molecule has 1 saturated heterocycles. The second kappa shape index (κ2) is 6.21. The molecule has 23 heavy (non-hydrogen) atoms. The Kier molecular flexibility index (Phi) is 4.27. The molecule has 0 aliphatic carbocycles. The summed E-state index contributed by atoms with van der Waals surface area (Å²) in [4.78, 5) is 17.3. The van der Waals surface area contributed by atoms with Gasteiger partial charge in [-0.25, -0.2) is 4.99 Å². The molecule has 0 bridgehead atoms. The highest BCUT2D eigenvalue weighted by Crippen LogP contribution is 2.33. The number of hydrogen-bond donors (Lipinski definition) is 1. The zero-order chi connectivity index (χ0) is 16.4. The topological polar surface area (TPSA) is 41.5 Å². The summed E-state index contributed by atoms with van der Waals surface area (Å²) in [5, 5.41) is 4.70. The van der Waals surface area contributed by atoms with E-state index in [-0.39, 0.29) is 16.8 Å². The van der Waals surface area contributed by atoms with Gasteiger partial charge in [0, 0.05) is 4.88 Å². The molecule has 0 radical (unpaired) electrons. The van der Waals surface area contributed by atoms with E-state index < -0.39 is 11.7 Å². The second-order valence-electron chi connectivity index (χ2n) is 4.55. The molecule has 1 aromatic heterocycles. The molecule has 1 amide bonds. The Labute approximate surface area is 137 Å². The monoisotopic (exact) mass is 354 g/mol. The summed E-state index contributed by atoms with van der Waals surface area (Å²) in [6, 6.07) is 8.40. The van der Waals surface area contributed by atoms with Crippen molar-refractivity contribution >= 4 is 45.9 Å². The zero-order valence-corrected chi connectivity index (χ0v) is 13.1. The lowest BCUT2D eigenvalue weighted by Gasteiger charge is -2.06. The lowest BCUT2D eigenvalue weighted by molar-refractivity contribution is -0.137. The van der Waals surface area contributed by atoms with Gasteiger partial charge in [-0.1, -0.05) is 12.1 Å². The summed E-state index contributed by atoms with van der Waals surface area (Å²) in [5.74, 6) is -0.311. The summed E-state index contributed by atoms with van der Waals surface area (Å²) in [5.41, 5.74) is -0.636. The Hall–Kier alpha value is -2.06. The van der Waals surface area contributed by atoms with Crippen LogP contribution in [0.5, 0.6) is 0 Å². The Balaban J connectivity index is 1.83. The van der Waals surface area contributed by atoms with Crippen molar-refractivity contribution in [3.05, 3.63) is 57.1 Å². The number of rotatable bonds is 2. The normalized spacial score (nSPS) is 18.7. The molecule has 1 aliphatic rings. The van der Waals surface area contributed by atoms with Gasteiger partial charge >= 0.3 is 6.18 Å². The average molecular weight is 354 g/mol. The number of hydrogen-bond acceptors (Lipinski definition) is 4. The van der Waals surface area contributed by atoms with E-state index in [2.05, 4.69) is 10.3 Å². The summed E-state index contributed by atoms with van der Waals surface area (Å²) < 4.78 is 38.1. The Morgan fingerprint density at radius 3 is 2.70 bits per heavy atom. The molecular weight excluding hydrogens is 345 g/mol. The van der Waals surface area contributed by atoms with Crippen LogP contribution in [-0.2, 0) is 11.0 Å². The summed E-state index contributed by atoms with van der Waals surface area (Å²) in [6.45, 7) is 0. The van der Waals surface area contributed by atoms with Crippen LogP contribution in [0.25, 0.3) is 6.08 Å². The van der Waals surface area contributed by atoms with E-state index >= 15 is 0 Å². The number of nitrogens with zero attached hydrogens (tertiary/aromatic N) is 1. The number of alkyl halides is 3. The smallest absolute Gasteiger partial charge is 0.300 e. The molecule has 0 atom stereocenters. The van der Waals surface area contributed by atoms with Crippen LogP contribution in [0.4, 0.5) is 18.9 Å². The van der Waals surface area contributed by atoms with Crippen molar-refractivity contribution in [2.45, 2.75) is 6.18 Å². The molecule has 2 heterocycles. The van der Waals surface area contributed by atoms with Crippen molar-refractivity contribution in [3.8, 4) is 0 Å². The van der Waals surface area contributed by atoms with Crippen LogP contribution in [0.2, 0.25) is 0 Å². The third kappa shape index (κ3) is 3.83. The van der Waals surface area contributed by atoms with Crippen LogP contribution < -0.4 is 5.32 Å². The average Bonchev–Trinajstić information content (AvgIpc) is 3.10. The first-order valence-electron chi connectivity index (χ1n) is 6.42. The Bertz CT molecular complexity index is 795. The van der Waals surface area contributed by atoms with Gasteiger partial charge in [0.15, 0.2) is 5.17 Å². The standard InChI is InChI=1S/C15H9F3N2OS2/c16-15(17,18)9-3-1-4-10(7-9)19-14-20-13(21)12(23-14)8-11-5-2-6-22-11/h1-8H,(H,19,20,21). The van der Waals surface area contributed by atoms with Crippen LogP contribution in [0, 0.1) is 0 Å². The minimum absolute atomic E-state index is 0.139. The van der Waals surface area contributed by atoms with E-state index in [1.54, 1.807) is 6.08 Å². The van der Waals surface area contributed by atoms with Gasteiger partial charge < -0.3 is 5.32 Å². The molecule has 3 nitrogen and oxygen atoms in total. The van der Waals surface area contributed by atoms with Crippen molar-refractivity contribution in [1.82, 2.24) is 5.32 Å². The van der Waals surface area contributed by atoms with Gasteiger partial charge in [-0.3, -0.25) is 4.79 Å². The molecule has 118 valence electrons. The van der Waals surface area contributed by atoms with Crippen molar-refractivity contribution in [3.63, 3.8) is 0 Å². The highest BCUT2D eigenvalue weighted by Gasteiger charge is 2.30. The molecule has 2 aromatic rings. The molecule has 1 fully saturated rings. The van der Waals surface area contributed by atoms with Crippen LogP contribution in [-0.4, -0.2) is 11.1 Å². The SMILES string of the molecule is O=C1NC(=Nc2cccc(C(F)(F)F)c2)SC1=Cc1cccs1. The van der Waals surface area contributed by atoms with Crippen molar-refractivity contribution in [1.29, 1.82) is 0 Å². The maximum atomic E-state index is 12.7. The van der Waals surface area contributed by atoms with Gasteiger partial charge in [-0.05, 0) is 47.5 Å². The van der Waals surface area contributed by atoms with Crippen LogP contribution >= 0.6 is 23.1 Å². The first-order chi connectivity index (χ1) is 10.9. The third-order valence-electron chi connectivity index (χ3n) is 2.87. The van der Waals surface area contributed by atoms with Gasteiger partial charge in [-0.2, -0.15) is 13.2 Å². The number of carbonyl (C=O) groups is 1. The highest BCUT2D eigenvalue weighted by atomic mass is 32.2. The van der Waals surface area contributed by atoms with E-state index in [0.29, 0.717) is 4.91 Å². The quantitative estimate of drug-likeness (QED) is 0.797. The molecular formula is C15H9F3N2OS2. The van der Waals surface area contributed by atoms with Gasteiger partial charge in [0.2, 0.25) is 0 Å². The molecule has 0 unspecified atom stereocenters. The third-order valence-corrected chi connectivity index (χ3v) is 4.60. The van der Waals surface area contributed by atoms with Crippen LogP contribution in [0.3, 0.4) is 0 Å². The number of benzene rings is 1. The first kappa shape index (κ1) is 15.8. The largest absolute Gasteiger partial charge is 0.416 e.